The summed E-state index contributed by atoms with van der Waals surface area (Å²) in [7, 11) is -4.48. The molecule has 6 nitrogen and oxygen atoms in total. The van der Waals surface area contributed by atoms with Crippen LogP contribution >= 0.6 is 11.3 Å². The number of nitrogens with one attached hydrogen (secondary N) is 2. The SMILES string of the molecule is Cc1c(NC2CCN(Cc3cccc(F)c3)C2)cc(F)c(S(=O)(=O)Nc2cscn2)c1F. The standard InChI is InChI=1S/C21H21F3N4O2S2/c1-13-18(26-16-5-6-28(10-16)9-14-3-2-4-15(22)7-14)8-17(23)21(20(13)24)32(29,30)27-19-11-31-12-25-19/h2-4,7-8,11-12,16,26-27H,5-6,9-10H2,1H3. The quantitative estimate of drug-likeness (QED) is 0.524. The number of sulfonamides is 1. The van der Waals surface area contributed by atoms with E-state index in [9.17, 15) is 21.6 Å². The van der Waals surface area contributed by atoms with Gasteiger partial charge in [0, 0.05) is 42.3 Å². The lowest BCUT2D eigenvalue weighted by Crippen LogP contribution is -2.26. The van der Waals surface area contributed by atoms with Crippen LogP contribution < -0.4 is 10.0 Å². The molecule has 1 aliphatic rings. The average molecular weight is 483 g/mol. The third kappa shape index (κ3) is 4.89. The van der Waals surface area contributed by atoms with Crippen molar-refractivity contribution in [1.82, 2.24) is 9.88 Å². The number of anilines is 2. The van der Waals surface area contributed by atoms with Crippen molar-refractivity contribution in [2.24, 2.45) is 0 Å². The highest BCUT2D eigenvalue weighted by Crippen LogP contribution is 2.30. The van der Waals surface area contributed by atoms with Gasteiger partial charge < -0.3 is 5.32 Å². The molecule has 0 amide bonds. The molecule has 2 N–H and O–H groups in total. The van der Waals surface area contributed by atoms with Crippen molar-refractivity contribution in [3.05, 3.63) is 69.8 Å². The Bertz CT molecular complexity index is 1220. The predicted molar refractivity (Wildman–Crippen MR) is 118 cm³/mol. The number of rotatable bonds is 7. The number of thiazole rings is 1. The zero-order valence-corrected chi connectivity index (χ0v) is 18.7. The van der Waals surface area contributed by atoms with Crippen molar-refractivity contribution >= 4 is 32.9 Å². The highest BCUT2D eigenvalue weighted by molar-refractivity contribution is 7.92. The number of benzene rings is 2. The minimum absolute atomic E-state index is 0.00185. The first-order chi connectivity index (χ1) is 15.2. The summed E-state index contributed by atoms with van der Waals surface area (Å²) in [6.07, 6.45) is 0.726. The summed E-state index contributed by atoms with van der Waals surface area (Å²) in [6, 6.07) is 7.29. The number of nitrogens with zero attached hydrogens (tertiary/aromatic N) is 2. The van der Waals surface area contributed by atoms with Gasteiger partial charge in [0.15, 0.2) is 16.5 Å². The number of halogens is 3. The van der Waals surface area contributed by atoms with Gasteiger partial charge in [0.1, 0.15) is 11.6 Å². The van der Waals surface area contributed by atoms with Gasteiger partial charge in [0.25, 0.3) is 10.0 Å². The molecule has 0 saturated carbocycles. The fraction of sp³-hybridized carbons (Fsp3) is 0.286. The molecule has 1 saturated heterocycles. The van der Waals surface area contributed by atoms with Gasteiger partial charge >= 0.3 is 0 Å². The minimum atomic E-state index is -4.48. The van der Waals surface area contributed by atoms with E-state index in [1.54, 1.807) is 6.07 Å². The molecule has 11 heteroatoms. The van der Waals surface area contributed by atoms with Crippen molar-refractivity contribution in [3.63, 3.8) is 0 Å². The fourth-order valence-electron chi connectivity index (χ4n) is 3.75. The van der Waals surface area contributed by atoms with Crippen LogP contribution in [0.2, 0.25) is 0 Å². The van der Waals surface area contributed by atoms with Gasteiger partial charge in [0.2, 0.25) is 0 Å². The molecule has 1 fully saturated rings. The first kappa shape index (κ1) is 22.6. The van der Waals surface area contributed by atoms with Crippen molar-refractivity contribution < 1.29 is 21.6 Å². The Kier molecular flexibility index (Phi) is 6.40. The van der Waals surface area contributed by atoms with Crippen molar-refractivity contribution in [3.8, 4) is 0 Å². The molecule has 1 unspecified atom stereocenters. The molecule has 2 aromatic carbocycles. The third-order valence-electron chi connectivity index (χ3n) is 5.29. The van der Waals surface area contributed by atoms with Crippen LogP contribution in [0, 0.1) is 24.4 Å². The topological polar surface area (TPSA) is 74.3 Å². The summed E-state index contributed by atoms with van der Waals surface area (Å²) in [5, 5.41) is 4.54. The molecule has 0 bridgehead atoms. The maximum Gasteiger partial charge on any atom is 0.268 e. The van der Waals surface area contributed by atoms with Crippen LogP contribution in [0.1, 0.15) is 17.5 Å². The van der Waals surface area contributed by atoms with Crippen LogP contribution in [0.25, 0.3) is 0 Å². The molecule has 32 heavy (non-hydrogen) atoms. The average Bonchev–Trinajstić information content (AvgIpc) is 3.37. The van der Waals surface area contributed by atoms with E-state index in [4.69, 9.17) is 0 Å². The number of aromatic nitrogens is 1. The molecule has 0 aliphatic carbocycles. The van der Waals surface area contributed by atoms with Gasteiger partial charge in [-0.05, 0) is 37.1 Å². The van der Waals surface area contributed by atoms with Gasteiger partial charge in [-0.1, -0.05) is 12.1 Å². The molecule has 4 rings (SSSR count). The molecule has 2 heterocycles. The summed E-state index contributed by atoms with van der Waals surface area (Å²) >= 11 is 1.15. The molecule has 3 aromatic rings. The Morgan fingerprint density at radius 2 is 2.06 bits per heavy atom. The van der Waals surface area contributed by atoms with E-state index in [0.717, 1.165) is 35.9 Å². The number of hydrogen-bond acceptors (Lipinski definition) is 6. The molecular formula is C21H21F3N4O2S2. The largest absolute Gasteiger partial charge is 0.381 e. The lowest BCUT2D eigenvalue weighted by Gasteiger charge is -2.20. The molecular weight excluding hydrogens is 461 g/mol. The van der Waals surface area contributed by atoms with Crippen LogP contribution in [-0.2, 0) is 16.6 Å². The fourth-order valence-corrected chi connectivity index (χ4v) is 5.50. The van der Waals surface area contributed by atoms with Crippen LogP contribution in [0.3, 0.4) is 0 Å². The Hall–Kier alpha value is -2.63. The minimum Gasteiger partial charge on any atom is -0.381 e. The lowest BCUT2D eigenvalue weighted by atomic mass is 10.1. The highest BCUT2D eigenvalue weighted by atomic mass is 32.2. The van der Waals surface area contributed by atoms with Crippen LogP contribution in [0.15, 0.2) is 46.1 Å². The van der Waals surface area contributed by atoms with Gasteiger partial charge in [-0.2, -0.15) is 0 Å². The monoisotopic (exact) mass is 482 g/mol. The lowest BCUT2D eigenvalue weighted by molar-refractivity contribution is 0.328. The normalized spacial score (nSPS) is 16.9. The Balaban J connectivity index is 1.48. The second-order valence-electron chi connectivity index (χ2n) is 7.65. The maximum absolute atomic E-state index is 15.0. The highest BCUT2D eigenvalue weighted by Gasteiger charge is 2.29. The van der Waals surface area contributed by atoms with E-state index in [0.29, 0.717) is 13.1 Å². The zero-order valence-electron chi connectivity index (χ0n) is 17.1. The van der Waals surface area contributed by atoms with E-state index in [2.05, 4.69) is 19.9 Å². The van der Waals surface area contributed by atoms with Gasteiger partial charge in [-0.15, -0.1) is 11.3 Å². The maximum atomic E-state index is 15.0. The Morgan fingerprint density at radius 1 is 1.25 bits per heavy atom. The third-order valence-corrected chi connectivity index (χ3v) is 7.26. The van der Waals surface area contributed by atoms with Crippen LogP contribution in [0.5, 0.6) is 0 Å². The van der Waals surface area contributed by atoms with E-state index in [1.807, 2.05) is 6.07 Å². The first-order valence-electron chi connectivity index (χ1n) is 9.86. The van der Waals surface area contributed by atoms with Crippen molar-refractivity contribution in [1.29, 1.82) is 0 Å². The van der Waals surface area contributed by atoms with Crippen LogP contribution in [-0.4, -0.2) is 37.4 Å². The molecule has 1 atom stereocenters. The summed E-state index contributed by atoms with van der Waals surface area (Å²) in [4.78, 5) is 4.86. The summed E-state index contributed by atoms with van der Waals surface area (Å²) < 4.78 is 70.2. The first-order valence-corrected chi connectivity index (χ1v) is 12.3. The van der Waals surface area contributed by atoms with Gasteiger partial charge in [0.05, 0.1) is 5.51 Å². The second-order valence-corrected chi connectivity index (χ2v) is 9.99. The Labute approximate surface area is 188 Å². The second kappa shape index (κ2) is 9.08. The van der Waals surface area contributed by atoms with E-state index in [1.165, 1.54) is 29.9 Å². The molecule has 0 spiro atoms. The summed E-state index contributed by atoms with van der Waals surface area (Å²) in [6.45, 7) is 3.31. The van der Waals surface area contributed by atoms with Crippen molar-refractivity contribution in [2.75, 3.05) is 23.1 Å². The number of likely N-dealkylation sites (tertiary alicyclic amines) is 1. The van der Waals surface area contributed by atoms with E-state index >= 15 is 0 Å². The molecule has 0 radical (unpaired) electrons. The van der Waals surface area contributed by atoms with Crippen LogP contribution in [0.4, 0.5) is 24.7 Å². The summed E-state index contributed by atoms with van der Waals surface area (Å²) in [5.74, 6) is -2.63. The molecule has 1 aliphatic heterocycles. The van der Waals surface area contributed by atoms with Crippen molar-refractivity contribution in [2.45, 2.75) is 30.8 Å². The smallest absolute Gasteiger partial charge is 0.268 e. The molecule has 170 valence electrons. The van der Waals surface area contributed by atoms with E-state index in [-0.39, 0.29) is 28.9 Å². The van der Waals surface area contributed by atoms with Gasteiger partial charge in [-0.25, -0.2) is 26.6 Å². The van der Waals surface area contributed by atoms with E-state index < -0.39 is 26.6 Å². The Morgan fingerprint density at radius 3 is 2.78 bits per heavy atom. The van der Waals surface area contributed by atoms with Gasteiger partial charge in [-0.3, -0.25) is 9.62 Å². The summed E-state index contributed by atoms with van der Waals surface area (Å²) in [5.41, 5.74) is 2.46. The predicted octanol–water partition coefficient (Wildman–Crippen LogP) is 4.36. The zero-order chi connectivity index (χ0) is 22.9. The number of hydrogen-bond donors (Lipinski definition) is 2. The molecule has 1 aromatic heterocycles.